The molecule has 8 heteroatoms. The Morgan fingerprint density at radius 3 is 2.44 bits per heavy atom. The summed E-state index contributed by atoms with van der Waals surface area (Å²) in [6.07, 6.45) is 2.96. The first-order valence-corrected chi connectivity index (χ1v) is 13.0. The van der Waals surface area contributed by atoms with Gasteiger partial charge in [0.25, 0.3) is 11.8 Å². The van der Waals surface area contributed by atoms with Crippen molar-refractivity contribution in [1.29, 1.82) is 0 Å². The van der Waals surface area contributed by atoms with Crippen LogP contribution in [0, 0.1) is 0 Å². The van der Waals surface area contributed by atoms with Gasteiger partial charge in [-0.2, -0.15) is 0 Å². The van der Waals surface area contributed by atoms with E-state index in [0.717, 1.165) is 11.1 Å². The minimum Gasteiger partial charge on any atom is -0.497 e. The molecule has 0 bridgehead atoms. The Kier molecular flexibility index (Phi) is 6.69. The molecule has 7 nitrogen and oxygen atoms in total. The van der Waals surface area contributed by atoms with Crippen molar-refractivity contribution < 1.29 is 19.1 Å². The summed E-state index contributed by atoms with van der Waals surface area (Å²) in [6, 6.07) is 19.7. The minimum atomic E-state index is -0.649. The van der Waals surface area contributed by atoms with Crippen molar-refractivity contribution in [2.24, 2.45) is 0 Å². The fourth-order valence-corrected chi connectivity index (χ4v) is 5.17. The van der Waals surface area contributed by atoms with Crippen LogP contribution in [0.4, 0.5) is 5.69 Å². The van der Waals surface area contributed by atoms with Crippen molar-refractivity contribution in [3.8, 4) is 16.9 Å². The zero-order chi connectivity index (χ0) is 25.2. The number of methoxy groups -OCH3 is 1. The summed E-state index contributed by atoms with van der Waals surface area (Å²) in [5.41, 5.74) is 3.45. The molecule has 3 aromatic carbocycles. The van der Waals surface area contributed by atoms with Crippen LogP contribution in [0.25, 0.3) is 11.1 Å². The highest BCUT2D eigenvalue weighted by molar-refractivity contribution is 7.98. The molecule has 3 aromatic rings. The van der Waals surface area contributed by atoms with Crippen molar-refractivity contribution in [1.82, 2.24) is 10.2 Å². The van der Waals surface area contributed by atoms with Crippen molar-refractivity contribution in [2.45, 2.75) is 29.8 Å². The van der Waals surface area contributed by atoms with E-state index >= 15 is 0 Å². The van der Waals surface area contributed by atoms with Gasteiger partial charge in [0.1, 0.15) is 11.8 Å². The highest BCUT2D eigenvalue weighted by atomic mass is 32.2. The van der Waals surface area contributed by atoms with Gasteiger partial charge in [0.05, 0.1) is 18.4 Å². The summed E-state index contributed by atoms with van der Waals surface area (Å²) in [5.74, 6) is 0.0588. The van der Waals surface area contributed by atoms with E-state index in [1.54, 1.807) is 54.1 Å². The number of nitrogens with one attached hydrogen (secondary N) is 2. The topological polar surface area (TPSA) is 87.7 Å². The predicted octanol–water partition coefficient (Wildman–Crippen LogP) is 4.44. The van der Waals surface area contributed by atoms with Crippen LogP contribution in [0.15, 0.2) is 71.6 Å². The van der Waals surface area contributed by atoms with Gasteiger partial charge in [-0.05, 0) is 78.8 Å². The number of piperidine rings is 1. The largest absolute Gasteiger partial charge is 0.497 e. The van der Waals surface area contributed by atoms with Gasteiger partial charge in [0, 0.05) is 23.0 Å². The second-order valence-corrected chi connectivity index (χ2v) is 9.80. The number of amides is 3. The van der Waals surface area contributed by atoms with Gasteiger partial charge in [0.15, 0.2) is 0 Å². The smallest absolute Gasteiger partial charge is 0.256 e. The molecule has 184 valence electrons. The second-order valence-electron chi connectivity index (χ2n) is 8.92. The van der Waals surface area contributed by atoms with E-state index in [0.29, 0.717) is 42.0 Å². The summed E-state index contributed by atoms with van der Waals surface area (Å²) in [7, 11) is 1.57. The normalized spacial score (nSPS) is 19.0. The van der Waals surface area contributed by atoms with E-state index in [9.17, 15) is 14.4 Å². The van der Waals surface area contributed by atoms with Crippen LogP contribution >= 0.6 is 11.8 Å². The highest BCUT2D eigenvalue weighted by Crippen LogP contribution is 2.32. The average molecular weight is 502 g/mol. The number of hydrogen-bond acceptors (Lipinski definition) is 5. The lowest BCUT2D eigenvalue weighted by atomic mass is 9.95. The monoisotopic (exact) mass is 501 g/mol. The number of fused-ring (bicyclic) bond motifs is 2. The van der Waals surface area contributed by atoms with E-state index in [1.165, 1.54) is 4.90 Å². The summed E-state index contributed by atoms with van der Waals surface area (Å²) < 4.78 is 5.15. The first-order valence-electron chi connectivity index (χ1n) is 11.8. The van der Waals surface area contributed by atoms with Crippen LogP contribution in [0.5, 0.6) is 5.75 Å². The number of anilines is 1. The van der Waals surface area contributed by atoms with Crippen LogP contribution in [0.2, 0.25) is 0 Å². The molecule has 36 heavy (non-hydrogen) atoms. The number of ether oxygens (including phenoxy) is 1. The molecule has 0 spiro atoms. The molecule has 3 amide bonds. The maximum absolute atomic E-state index is 13.5. The number of hydrogen-bond donors (Lipinski definition) is 2. The van der Waals surface area contributed by atoms with Gasteiger partial charge < -0.3 is 20.3 Å². The molecular weight excluding hydrogens is 474 g/mol. The standard InChI is InChI=1S/C28H27N3O4S/c1-35-21-8-3-18(4-9-21)26(32)29-20-13-14-31-25(16-20)27(33)30-24-12-7-19(15-23(24)28(31)34)17-5-10-22(36-2)11-6-17/h3-12,15,20,25H,13-14,16H2,1-2H3,(H,29,32)(H,30,33). The van der Waals surface area contributed by atoms with Crippen LogP contribution in [0.1, 0.15) is 33.6 Å². The molecule has 1 fully saturated rings. The Bertz CT molecular complexity index is 1310. The van der Waals surface area contributed by atoms with Gasteiger partial charge in [0.2, 0.25) is 5.91 Å². The summed E-state index contributed by atoms with van der Waals surface area (Å²) in [5, 5.41) is 5.96. The molecule has 0 aliphatic carbocycles. The number of benzene rings is 3. The van der Waals surface area contributed by atoms with Crippen LogP contribution in [-0.4, -0.2) is 54.6 Å². The zero-order valence-corrected chi connectivity index (χ0v) is 20.9. The molecule has 2 aliphatic rings. The predicted molar refractivity (Wildman–Crippen MR) is 141 cm³/mol. The van der Waals surface area contributed by atoms with E-state index < -0.39 is 6.04 Å². The van der Waals surface area contributed by atoms with E-state index in [1.807, 2.05) is 30.5 Å². The van der Waals surface area contributed by atoms with Crippen LogP contribution in [0.3, 0.4) is 0 Å². The number of carbonyl (C=O) groups excluding carboxylic acids is 3. The lowest BCUT2D eigenvalue weighted by molar-refractivity contribution is -0.121. The maximum atomic E-state index is 13.5. The molecule has 2 N–H and O–H groups in total. The minimum absolute atomic E-state index is 0.170. The van der Waals surface area contributed by atoms with Crippen LogP contribution in [-0.2, 0) is 4.79 Å². The van der Waals surface area contributed by atoms with Gasteiger partial charge in [-0.3, -0.25) is 14.4 Å². The third kappa shape index (κ3) is 4.68. The molecule has 0 radical (unpaired) electrons. The zero-order valence-electron chi connectivity index (χ0n) is 20.1. The number of rotatable bonds is 5. The Morgan fingerprint density at radius 1 is 1.03 bits per heavy atom. The van der Waals surface area contributed by atoms with Gasteiger partial charge in [-0.25, -0.2) is 0 Å². The molecule has 2 unspecified atom stereocenters. The molecule has 2 heterocycles. The molecule has 2 aliphatic heterocycles. The summed E-state index contributed by atoms with van der Waals surface area (Å²) >= 11 is 1.68. The molecule has 2 atom stereocenters. The molecule has 1 saturated heterocycles. The van der Waals surface area contributed by atoms with Crippen molar-refractivity contribution >= 4 is 35.2 Å². The number of nitrogens with zero attached hydrogens (tertiary/aromatic N) is 1. The Morgan fingerprint density at radius 2 is 1.75 bits per heavy atom. The SMILES string of the molecule is COc1ccc(C(=O)NC2CCN3C(=O)c4cc(-c5ccc(SC)cc5)ccc4NC(=O)C3C2)cc1. The van der Waals surface area contributed by atoms with Gasteiger partial charge in [-0.1, -0.05) is 18.2 Å². The van der Waals surface area contributed by atoms with Crippen molar-refractivity contribution in [3.05, 3.63) is 77.9 Å². The molecule has 5 rings (SSSR count). The van der Waals surface area contributed by atoms with E-state index in [4.69, 9.17) is 4.74 Å². The van der Waals surface area contributed by atoms with Gasteiger partial charge in [-0.15, -0.1) is 11.8 Å². The molecular formula is C28H27N3O4S. The Labute approximate surface area is 214 Å². The average Bonchev–Trinajstić information content (AvgIpc) is 3.02. The molecule has 0 saturated carbocycles. The van der Waals surface area contributed by atoms with E-state index in [-0.39, 0.29) is 23.8 Å². The summed E-state index contributed by atoms with van der Waals surface area (Å²) in [6.45, 7) is 0.385. The third-order valence-electron chi connectivity index (χ3n) is 6.78. The number of thioether (sulfide) groups is 1. The lowest BCUT2D eigenvalue weighted by Gasteiger charge is -2.37. The van der Waals surface area contributed by atoms with Crippen molar-refractivity contribution in [2.75, 3.05) is 25.2 Å². The van der Waals surface area contributed by atoms with Crippen molar-refractivity contribution in [3.63, 3.8) is 0 Å². The third-order valence-corrected chi connectivity index (χ3v) is 7.53. The second kappa shape index (κ2) is 10.1. The molecule has 0 aromatic heterocycles. The summed E-state index contributed by atoms with van der Waals surface area (Å²) in [4.78, 5) is 42.2. The first kappa shape index (κ1) is 23.9. The fraction of sp³-hybridized carbons (Fsp3) is 0.250. The van der Waals surface area contributed by atoms with Gasteiger partial charge >= 0.3 is 0 Å². The van der Waals surface area contributed by atoms with Crippen LogP contribution < -0.4 is 15.4 Å². The highest BCUT2D eigenvalue weighted by Gasteiger charge is 2.40. The number of carbonyl (C=O) groups is 3. The fourth-order valence-electron chi connectivity index (χ4n) is 4.76. The lowest BCUT2D eigenvalue weighted by Crippen LogP contribution is -2.55. The maximum Gasteiger partial charge on any atom is 0.256 e. The first-order chi connectivity index (χ1) is 17.5. The quantitative estimate of drug-likeness (QED) is 0.505. The Balaban J connectivity index is 1.33. The Hall–Kier alpha value is -3.78. The van der Waals surface area contributed by atoms with E-state index in [2.05, 4.69) is 22.8 Å².